The average molecular weight is 430 g/mol. The van der Waals surface area contributed by atoms with Gasteiger partial charge in [0.2, 0.25) is 5.95 Å². The van der Waals surface area contributed by atoms with Crippen LogP contribution < -0.4 is 15.5 Å². The monoisotopic (exact) mass is 430 g/mol. The van der Waals surface area contributed by atoms with Gasteiger partial charge in [0, 0.05) is 38.3 Å². The molecule has 2 N–H and O–H groups in total. The van der Waals surface area contributed by atoms with Crippen molar-refractivity contribution in [2.75, 3.05) is 43.0 Å². The first-order chi connectivity index (χ1) is 14.2. The van der Waals surface area contributed by atoms with Gasteiger partial charge in [-0.1, -0.05) is 0 Å². The Kier molecular flexibility index (Phi) is 5.45. The lowest BCUT2D eigenvalue weighted by Crippen LogP contribution is -2.34. The van der Waals surface area contributed by atoms with E-state index in [1.54, 1.807) is 0 Å². The van der Waals surface area contributed by atoms with Crippen LogP contribution in [0.25, 0.3) is 0 Å². The Morgan fingerprint density at radius 1 is 1.20 bits per heavy atom. The molecule has 30 heavy (non-hydrogen) atoms. The number of ether oxygens (including phenoxy) is 1. The van der Waals surface area contributed by atoms with Gasteiger partial charge in [0.25, 0.3) is 5.92 Å². The van der Waals surface area contributed by atoms with Gasteiger partial charge in [-0.2, -0.15) is 18.2 Å². The molecule has 0 amide bonds. The van der Waals surface area contributed by atoms with Crippen LogP contribution in [0, 0.1) is 0 Å². The zero-order chi connectivity index (χ0) is 21.4. The van der Waals surface area contributed by atoms with Crippen LogP contribution in [0.2, 0.25) is 0 Å². The number of alkyl halides is 5. The fourth-order valence-corrected chi connectivity index (χ4v) is 3.29. The van der Waals surface area contributed by atoms with Crippen LogP contribution in [0.3, 0.4) is 0 Å². The van der Waals surface area contributed by atoms with E-state index in [4.69, 9.17) is 4.74 Å². The van der Waals surface area contributed by atoms with Gasteiger partial charge in [0.15, 0.2) is 0 Å². The van der Waals surface area contributed by atoms with E-state index in [0.717, 1.165) is 18.3 Å². The molecule has 1 unspecified atom stereocenters. The van der Waals surface area contributed by atoms with Crippen molar-refractivity contribution in [3.05, 3.63) is 35.7 Å². The van der Waals surface area contributed by atoms with Crippen molar-refractivity contribution < 1.29 is 26.7 Å². The Morgan fingerprint density at radius 2 is 2.03 bits per heavy atom. The van der Waals surface area contributed by atoms with Crippen molar-refractivity contribution in [3.8, 4) is 0 Å². The molecule has 12 heteroatoms. The Labute approximate surface area is 168 Å². The molecule has 2 aromatic heterocycles. The van der Waals surface area contributed by atoms with Crippen LogP contribution in [0.4, 0.5) is 39.5 Å². The van der Waals surface area contributed by atoms with Gasteiger partial charge in [0.1, 0.15) is 17.7 Å². The quantitative estimate of drug-likeness (QED) is 0.722. The van der Waals surface area contributed by atoms with Gasteiger partial charge in [-0.3, -0.25) is 0 Å². The minimum atomic E-state index is -4.52. The zero-order valence-corrected chi connectivity index (χ0v) is 15.7. The highest BCUT2D eigenvalue weighted by Crippen LogP contribution is 2.33. The molecule has 0 radical (unpaired) electrons. The minimum absolute atomic E-state index is 0.0633. The molecule has 0 aliphatic carbocycles. The number of morpholine rings is 1. The smallest absolute Gasteiger partial charge is 0.369 e. The second-order valence-corrected chi connectivity index (χ2v) is 7.12. The molecule has 2 aliphatic rings. The van der Waals surface area contributed by atoms with Crippen molar-refractivity contribution in [2.24, 2.45) is 0 Å². The third-order valence-corrected chi connectivity index (χ3v) is 4.79. The molecule has 1 atom stereocenters. The van der Waals surface area contributed by atoms with E-state index in [2.05, 4.69) is 25.6 Å². The zero-order valence-electron chi connectivity index (χ0n) is 15.7. The lowest BCUT2D eigenvalue weighted by Gasteiger charge is -2.25. The first-order valence-corrected chi connectivity index (χ1v) is 9.34. The van der Waals surface area contributed by atoms with Gasteiger partial charge < -0.3 is 20.3 Å². The van der Waals surface area contributed by atoms with E-state index >= 15 is 0 Å². The molecule has 0 bridgehead atoms. The highest BCUT2D eigenvalue weighted by molar-refractivity contribution is 5.55. The molecule has 2 aliphatic heterocycles. The Bertz CT molecular complexity index is 903. The Balaban J connectivity index is 1.65. The van der Waals surface area contributed by atoms with Crippen molar-refractivity contribution >= 4 is 17.6 Å². The van der Waals surface area contributed by atoms with Gasteiger partial charge in [0.05, 0.1) is 24.4 Å². The van der Waals surface area contributed by atoms with Crippen molar-refractivity contribution in [3.63, 3.8) is 0 Å². The number of hydrogen-bond donors (Lipinski definition) is 2. The van der Waals surface area contributed by atoms with Crippen LogP contribution >= 0.6 is 0 Å². The van der Waals surface area contributed by atoms with Crippen LogP contribution in [0.5, 0.6) is 0 Å². The van der Waals surface area contributed by atoms with Crippen molar-refractivity contribution in [1.82, 2.24) is 20.3 Å². The number of aromatic nitrogens is 3. The lowest BCUT2D eigenvalue weighted by atomic mass is 10.2. The highest BCUT2D eigenvalue weighted by atomic mass is 19.4. The summed E-state index contributed by atoms with van der Waals surface area (Å²) in [7, 11) is 0. The summed E-state index contributed by atoms with van der Waals surface area (Å²) >= 11 is 0. The summed E-state index contributed by atoms with van der Waals surface area (Å²) in [6, 6.07) is 3.23. The number of pyridine rings is 1. The van der Waals surface area contributed by atoms with E-state index in [-0.39, 0.29) is 30.5 Å². The molecule has 2 saturated heterocycles. The second-order valence-electron chi connectivity index (χ2n) is 7.12. The van der Waals surface area contributed by atoms with Crippen LogP contribution in [-0.4, -0.2) is 53.7 Å². The molecule has 0 spiro atoms. The summed E-state index contributed by atoms with van der Waals surface area (Å²) in [6.45, 7) is 1.13. The number of anilines is 3. The maximum atomic E-state index is 13.7. The number of rotatable bonds is 4. The number of hydrogen-bond acceptors (Lipinski definition) is 7. The van der Waals surface area contributed by atoms with E-state index < -0.39 is 30.3 Å². The molecule has 0 aromatic carbocycles. The summed E-state index contributed by atoms with van der Waals surface area (Å²) in [6.07, 6.45) is -4.24. The summed E-state index contributed by atoms with van der Waals surface area (Å²) in [5, 5.41) is 5.88. The largest absolute Gasteiger partial charge is 0.416 e. The maximum Gasteiger partial charge on any atom is 0.416 e. The molecule has 7 nitrogen and oxygen atoms in total. The molecule has 162 valence electrons. The first kappa shape index (κ1) is 20.7. The molecule has 2 aromatic rings. The number of nitrogens with one attached hydrogen (secondary N) is 2. The Morgan fingerprint density at radius 3 is 2.70 bits per heavy atom. The molecule has 0 saturated carbocycles. The molecule has 4 rings (SSSR count). The fraction of sp³-hybridized carbons (Fsp3) is 0.500. The number of halogens is 5. The van der Waals surface area contributed by atoms with Gasteiger partial charge in [-0.15, -0.1) is 0 Å². The van der Waals surface area contributed by atoms with E-state index in [1.165, 1.54) is 11.0 Å². The van der Waals surface area contributed by atoms with Crippen molar-refractivity contribution in [1.29, 1.82) is 0 Å². The minimum Gasteiger partial charge on any atom is -0.369 e. The van der Waals surface area contributed by atoms with Crippen LogP contribution in [0.15, 0.2) is 24.4 Å². The maximum absolute atomic E-state index is 13.7. The lowest BCUT2D eigenvalue weighted by molar-refractivity contribution is -0.137. The third-order valence-electron chi connectivity index (χ3n) is 4.79. The van der Waals surface area contributed by atoms with Gasteiger partial charge >= 0.3 is 6.18 Å². The van der Waals surface area contributed by atoms with Crippen molar-refractivity contribution in [2.45, 2.75) is 24.6 Å². The summed E-state index contributed by atoms with van der Waals surface area (Å²) in [5.41, 5.74) is -0.426. The summed E-state index contributed by atoms with van der Waals surface area (Å²) in [4.78, 5) is 13.9. The second kappa shape index (κ2) is 7.91. The van der Waals surface area contributed by atoms with Crippen LogP contribution in [-0.2, 0) is 10.9 Å². The first-order valence-electron chi connectivity index (χ1n) is 9.34. The van der Waals surface area contributed by atoms with E-state index in [9.17, 15) is 22.0 Å². The highest BCUT2D eigenvalue weighted by Gasteiger charge is 2.39. The molecular weight excluding hydrogens is 411 g/mol. The van der Waals surface area contributed by atoms with E-state index in [1.807, 2.05) is 0 Å². The molecule has 2 fully saturated rings. The standard InChI is InChI=1S/C18H19F5N6O/c19-17(20)2-5-29(10-17)16-26-12(13-9-24-4-6-30-13)8-15(28-16)27-14-7-11(1-3-25-14)18(21,22)23/h1,3,7-8,13,24H,2,4-6,9-10H2,(H,25,26,27,28). The average Bonchev–Trinajstić information content (AvgIpc) is 3.08. The SMILES string of the molecule is FC1(F)CCN(c2nc(Nc3cc(C(F)(F)F)ccn3)cc(C3CNCCO3)n2)C1. The molecule has 4 heterocycles. The Hall–Kier alpha value is -2.60. The van der Waals surface area contributed by atoms with Crippen LogP contribution in [0.1, 0.15) is 23.8 Å². The molecular formula is C18H19F5N6O. The normalized spacial score (nSPS) is 21.6. The van der Waals surface area contributed by atoms with Gasteiger partial charge in [-0.05, 0) is 12.1 Å². The third kappa shape index (κ3) is 4.75. The van der Waals surface area contributed by atoms with E-state index in [0.29, 0.717) is 25.4 Å². The number of nitrogens with zero attached hydrogens (tertiary/aromatic N) is 4. The predicted octanol–water partition coefficient (Wildman–Crippen LogP) is 3.14. The van der Waals surface area contributed by atoms with Gasteiger partial charge in [-0.25, -0.2) is 18.7 Å². The summed E-state index contributed by atoms with van der Waals surface area (Å²) in [5.74, 6) is -2.72. The topological polar surface area (TPSA) is 75.2 Å². The summed E-state index contributed by atoms with van der Waals surface area (Å²) < 4.78 is 71.9. The fourth-order valence-electron chi connectivity index (χ4n) is 3.29. The predicted molar refractivity (Wildman–Crippen MR) is 97.9 cm³/mol.